The van der Waals surface area contributed by atoms with Gasteiger partial charge < -0.3 is 20.1 Å². The zero-order chi connectivity index (χ0) is 22.9. The zero-order valence-electron chi connectivity index (χ0n) is 18.3. The second kappa shape index (κ2) is 10.8. The van der Waals surface area contributed by atoms with Gasteiger partial charge in [-0.05, 0) is 60.5 Å². The molecule has 3 aromatic rings. The molecule has 0 saturated carbocycles. The van der Waals surface area contributed by atoms with Crippen molar-refractivity contribution in [1.82, 2.24) is 0 Å². The van der Waals surface area contributed by atoms with Gasteiger partial charge in [-0.2, -0.15) is 0 Å². The number of anilines is 2. The predicted molar refractivity (Wildman–Crippen MR) is 127 cm³/mol. The number of carbonyl (C=O) groups excluding carboxylic acids is 2. The molecular formula is C26H26N2O4. The lowest BCUT2D eigenvalue weighted by Gasteiger charge is -2.11. The minimum atomic E-state index is -0.268. The van der Waals surface area contributed by atoms with Gasteiger partial charge >= 0.3 is 0 Å². The molecule has 3 rings (SSSR count). The van der Waals surface area contributed by atoms with Gasteiger partial charge in [0.05, 0.1) is 7.11 Å². The first kappa shape index (κ1) is 22.6. The summed E-state index contributed by atoms with van der Waals surface area (Å²) in [6.45, 7) is 3.93. The fourth-order valence-electron chi connectivity index (χ4n) is 2.95. The molecule has 0 aromatic heterocycles. The van der Waals surface area contributed by atoms with Crippen LogP contribution in [0.3, 0.4) is 0 Å². The smallest absolute Gasteiger partial charge is 0.248 e. The topological polar surface area (TPSA) is 76.7 Å². The summed E-state index contributed by atoms with van der Waals surface area (Å²) in [6.07, 6.45) is 3.15. The van der Waals surface area contributed by atoms with Gasteiger partial charge in [0, 0.05) is 24.4 Å². The van der Waals surface area contributed by atoms with Crippen LogP contribution in [-0.4, -0.2) is 18.9 Å². The Balaban J connectivity index is 1.59. The Morgan fingerprint density at radius 3 is 2.16 bits per heavy atom. The highest BCUT2D eigenvalue weighted by Crippen LogP contribution is 2.29. The summed E-state index contributed by atoms with van der Waals surface area (Å²) in [5.41, 5.74) is 4.38. The van der Waals surface area contributed by atoms with Gasteiger partial charge in [0.2, 0.25) is 11.8 Å². The minimum absolute atomic E-state index is 0.147. The molecule has 0 aliphatic rings. The first-order valence-electron chi connectivity index (χ1n) is 10.2. The molecular weight excluding hydrogens is 404 g/mol. The van der Waals surface area contributed by atoms with Crippen LogP contribution >= 0.6 is 0 Å². The Morgan fingerprint density at radius 1 is 0.875 bits per heavy atom. The summed E-state index contributed by atoms with van der Waals surface area (Å²) in [6, 6.07) is 20.6. The lowest BCUT2D eigenvalue weighted by Crippen LogP contribution is -2.08. The van der Waals surface area contributed by atoms with Crippen molar-refractivity contribution in [3.63, 3.8) is 0 Å². The number of aryl methyl sites for hydroxylation is 1. The summed E-state index contributed by atoms with van der Waals surface area (Å²) in [7, 11) is 1.58. The maximum Gasteiger partial charge on any atom is 0.248 e. The second-order valence-electron chi connectivity index (χ2n) is 7.27. The van der Waals surface area contributed by atoms with Gasteiger partial charge in [-0.1, -0.05) is 35.9 Å². The molecule has 6 nitrogen and oxygen atoms in total. The summed E-state index contributed by atoms with van der Waals surface area (Å²) >= 11 is 0. The van der Waals surface area contributed by atoms with Crippen LogP contribution in [0.5, 0.6) is 11.5 Å². The number of ether oxygens (including phenoxy) is 2. The monoisotopic (exact) mass is 430 g/mol. The second-order valence-corrected chi connectivity index (χ2v) is 7.27. The molecule has 2 N–H and O–H groups in total. The third kappa shape index (κ3) is 6.74. The number of rotatable bonds is 8. The van der Waals surface area contributed by atoms with Gasteiger partial charge in [-0.15, -0.1) is 0 Å². The van der Waals surface area contributed by atoms with Crippen LogP contribution in [0, 0.1) is 6.92 Å². The van der Waals surface area contributed by atoms with E-state index in [0.29, 0.717) is 29.5 Å². The quantitative estimate of drug-likeness (QED) is 0.482. The SMILES string of the molecule is COc1cc(/C=C/C(=O)Nc2ccc(NC(C)=O)cc2)ccc1OCc1ccc(C)cc1. The lowest BCUT2D eigenvalue weighted by atomic mass is 10.1. The molecule has 6 heteroatoms. The van der Waals surface area contributed by atoms with Crippen LogP contribution < -0.4 is 20.1 Å². The number of hydrogen-bond acceptors (Lipinski definition) is 4. The molecule has 0 spiro atoms. The molecule has 164 valence electrons. The Morgan fingerprint density at radius 2 is 1.53 bits per heavy atom. The largest absolute Gasteiger partial charge is 0.493 e. The van der Waals surface area contributed by atoms with Crippen molar-refractivity contribution in [1.29, 1.82) is 0 Å². The third-order valence-corrected chi connectivity index (χ3v) is 4.60. The van der Waals surface area contributed by atoms with E-state index in [1.807, 2.05) is 49.4 Å². The summed E-state index contributed by atoms with van der Waals surface area (Å²) in [5, 5.41) is 5.46. The lowest BCUT2D eigenvalue weighted by molar-refractivity contribution is -0.114. The van der Waals surface area contributed by atoms with Crippen molar-refractivity contribution in [2.75, 3.05) is 17.7 Å². The molecule has 0 radical (unpaired) electrons. The molecule has 32 heavy (non-hydrogen) atoms. The number of amides is 2. The van der Waals surface area contributed by atoms with Crippen LogP contribution in [0.25, 0.3) is 6.08 Å². The molecule has 0 aliphatic carbocycles. The van der Waals surface area contributed by atoms with Crippen molar-refractivity contribution < 1.29 is 19.1 Å². The van der Waals surface area contributed by atoms with E-state index in [0.717, 1.165) is 11.1 Å². The van der Waals surface area contributed by atoms with E-state index in [9.17, 15) is 9.59 Å². The average molecular weight is 431 g/mol. The molecule has 0 fully saturated rings. The Bertz CT molecular complexity index is 1100. The first-order valence-corrected chi connectivity index (χ1v) is 10.2. The molecule has 3 aromatic carbocycles. The number of methoxy groups -OCH3 is 1. The maximum atomic E-state index is 12.2. The Hall–Kier alpha value is -4.06. The standard InChI is InChI=1S/C26H26N2O4/c1-18-4-6-21(7-5-18)17-32-24-14-8-20(16-25(24)31-3)9-15-26(30)28-23-12-10-22(11-13-23)27-19(2)29/h4-16H,17H2,1-3H3,(H,27,29)(H,28,30)/b15-9+. The molecule has 0 unspecified atom stereocenters. The predicted octanol–water partition coefficient (Wildman–Crippen LogP) is 5.19. The number of hydrogen-bond donors (Lipinski definition) is 2. The average Bonchev–Trinajstić information content (AvgIpc) is 2.78. The van der Waals surface area contributed by atoms with E-state index in [1.54, 1.807) is 37.5 Å². The zero-order valence-corrected chi connectivity index (χ0v) is 18.3. The minimum Gasteiger partial charge on any atom is -0.493 e. The molecule has 0 heterocycles. The fourth-order valence-corrected chi connectivity index (χ4v) is 2.95. The summed E-state index contributed by atoms with van der Waals surface area (Å²) in [5.74, 6) is 0.810. The molecule has 0 aliphatic heterocycles. The van der Waals surface area contributed by atoms with Crippen molar-refractivity contribution in [2.24, 2.45) is 0 Å². The number of nitrogens with one attached hydrogen (secondary N) is 2. The van der Waals surface area contributed by atoms with Crippen molar-refractivity contribution in [3.8, 4) is 11.5 Å². The van der Waals surface area contributed by atoms with Crippen molar-refractivity contribution in [2.45, 2.75) is 20.5 Å². The summed E-state index contributed by atoms with van der Waals surface area (Å²) < 4.78 is 11.3. The van der Waals surface area contributed by atoms with E-state index in [-0.39, 0.29) is 11.8 Å². The van der Waals surface area contributed by atoms with Crippen molar-refractivity contribution >= 4 is 29.3 Å². The van der Waals surface area contributed by atoms with E-state index >= 15 is 0 Å². The first-order chi connectivity index (χ1) is 15.4. The highest BCUT2D eigenvalue weighted by atomic mass is 16.5. The normalized spacial score (nSPS) is 10.6. The Kier molecular flexibility index (Phi) is 7.65. The van der Waals surface area contributed by atoms with Gasteiger partial charge in [0.15, 0.2) is 11.5 Å². The maximum absolute atomic E-state index is 12.2. The summed E-state index contributed by atoms with van der Waals surface area (Å²) in [4.78, 5) is 23.3. The molecule has 2 amide bonds. The van der Waals surface area contributed by atoms with Gasteiger partial charge in [-0.3, -0.25) is 9.59 Å². The molecule has 0 atom stereocenters. The van der Waals surface area contributed by atoms with Gasteiger partial charge in [0.25, 0.3) is 0 Å². The van der Waals surface area contributed by atoms with Crippen molar-refractivity contribution in [3.05, 3.63) is 89.5 Å². The molecule has 0 saturated heterocycles. The van der Waals surface area contributed by atoms with E-state index in [1.165, 1.54) is 18.6 Å². The van der Waals surface area contributed by atoms with Crippen LogP contribution in [0.15, 0.2) is 72.8 Å². The number of benzene rings is 3. The van der Waals surface area contributed by atoms with Gasteiger partial charge in [-0.25, -0.2) is 0 Å². The van der Waals surface area contributed by atoms with Gasteiger partial charge in [0.1, 0.15) is 6.61 Å². The third-order valence-electron chi connectivity index (χ3n) is 4.60. The highest BCUT2D eigenvalue weighted by molar-refractivity contribution is 6.02. The van der Waals surface area contributed by atoms with Crippen LogP contribution in [0.2, 0.25) is 0 Å². The van der Waals surface area contributed by atoms with Crippen LogP contribution in [0.4, 0.5) is 11.4 Å². The van der Waals surface area contributed by atoms with Crippen LogP contribution in [0.1, 0.15) is 23.6 Å². The highest BCUT2D eigenvalue weighted by Gasteiger charge is 2.06. The van der Waals surface area contributed by atoms with E-state index < -0.39 is 0 Å². The van der Waals surface area contributed by atoms with E-state index in [4.69, 9.17) is 9.47 Å². The molecule has 0 bridgehead atoms. The van der Waals surface area contributed by atoms with Crippen LogP contribution in [-0.2, 0) is 16.2 Å². The van der Waals surface area contributed by atoms with E-state index in [2.05, 4.69) is 10.6 Å². The number of carbonyl (C=O) groups is 2. The fraction of sp³-hybridized carbons (Fsp3) is 0.154. The Labute approximate surface area is 187 Å².